The van der Waals surface area contributed by atoms with Crippen molar-refractivity contribution in [2.24, 2.45) is 5.41 Å². The summed E-state index contributed by atoms with van der Waals surface area (Å²) in [7, 11) is 0. The van der Waals surface area contributed by atoms with Crippen molar-refractivity contribution >= 4 is 17.4 Å². The van der Waals surface area contributed by atoms with Crippen LogP contribution in [0.2, 0.25) is 5.02 Å². The molecule has 0 fully saturated rings. The Hall–Kier alpha value is -2.78. The summed E-state index contributed by atoms with van der Waals surface area (Å²) in [5, 5.41) is 19.6. The number of benzene rings is 2. The largest absolute Gasteiger partial charge is 0.453 e. The van der Waals surface area contributed by atoms with Crippen molar-refractivity contribution in [1.82, 2.24) is 20.2 Å². The second-order valence-electron chi connectivity index (χ2n) is 7.61. The number of Topliss-reactive ketones (excluding diaryl/α,β-unsaturated/α-hetero) is 1. The molecule has 0 saturated heterocycles. The first-order valence-corrected chi connectivity index (χ1v) is 9.29. The summed E-state index contributed by atoms with van der Waals surface area (Å²) in [6.07, 6.45) is -4.77. The lowest BCUT2D eigenvalue weighted by atomic mass is 9.86. The lowest BCUT2D eigenvalue weighted by Crippen LogP contribution is -2.21. The average molecular weight is 439 g/mol. The summed E-state index contributed by atoms with van der Waals surface area (Å²) in [6, 6.07) is 11.0. The van der Waals surface area contributed by atoms with Crippen LogP contribution in [-0.4, -0.2) is 37.7 Å². The van der Waals surface area contributed by atoms with Gasteiger partial charge >= 0.3 is 6.18 Å². The molecule has 0 spiro atoms. The number of hydrogen-bond acceptors (Lipinski definition) is 5. The Morgan fingerprint density at radius 1 is 1.10 bits per heavy atom. The lowest BCUT2D eigenvalue weighted by Gasteiger charge is -2.20. The van der Waals surface area contributed by atoms with Gasteiger partial charge in [0, 0.05) is 23.6 Å². The number of tetrazole rings is 1. The van der Waals surface area contributed by atoms with Gasteiger partial charge in [-0.05, 0) is 57.3 Å². The van der Waals surface area contributed by atoms with E-state index in [1.54, 1.807) is 44.2 Å². The molecular weight excluding hydrogens is 421 g/mol. The van der Waals surface area contributed by atoms with Gasteiger partial charge in [0.25, 0.3) is 5.82 Å². The first kappa shape index (κ1) is 21.9. The molecule has 0 aliphatic heterocycles. The minimum atomic E-state index is -4.77. The van der Waals surface area contributed by atoms with Gasteiger partial charge in [0.05, 0.1) is 5.69 Å². The van der Waals surface area contributed by atoms with Gasteiger partial charge in [-0.3, -0.25) is 4.79 Å². The number of nitrogens with zero attached hydrogens (tertiary/aromatic N) is 4. The predicted molar refractivity (Wildman–Crippen MR) is 104 cm³/mol. The molecule has 0 bridgehead atoms. The van der Waals surface area contributed by atoms with Crippen LogP contribution < -0.4 is 0 Å². The van der Waals surface area contributed by atoms with Crippen molar-refractivity contribution in [3.63, 3.8) is 0 Å². The molecule has 0 aliphatic rings. The number of aliphatic hydroxyl groups is 1. The predicted octanol–water partition coefficient (Wildman–Crippen LogP) is 4.59. The van der Waals surface area contributed by atoms with Crippen molar-refractivity contribution in [2.75, 3.05) is 6.61 Å². The Labute approximate surface area is 175 Å². The van der Waals surface area contributed by atoms with E-state index in [1.165, 1.54) is 12.1 Å². The Bertz CT molecular complexity index is 1060. The van der Waals surface area contributed by atoms with Gasteiger partial charge in [0.15, 0.2) is 5.78 Å². The third-order valence-corrected chi connectivity index (χ3v) is 4.70. The summed E-state index contributed by atoms with van der Waals surface area (Å²) < 4.78 is 40.4. The van der Waals surface area contributed by atoms with Crippen LogP contribution >= 0.6 is 11.6 Å². The van der Waals surface area contributed by atoms with E-state index in [0.717, 1.165) is 0 Å². The highest BCUT2D eigenvalue weighted by atomic mass is 35.5. The Morgan fingerprint density at radius 2 is 1.77 bits per heavy atom. The fourth-order valence-corrected chi connectivity index (χ4v) is 2.96. The zero-order valence-corrected chi connectivity index (χ0v) is 16.9. The number of rotatable bonds is 6. The highest BCUT2D eigenvalue weighted by Gasteiger charge is 2.38. The van der Waals surface area contributed by atoms with E-state index in [-0.39, 0.29) is 30.1 Å². The first-order valence-electron chi connectivity index (χ1n) is 8.91. The Kier molecular flexibility index (Phi) is 5.96. The quantitative estimate of drug-likeness (QED) is 0.569. The summed E-state index contributed by atoms with van der Waals surface area (Å²) >= 11 is 5.92. The molecule has 1 heterocycles. The zero-order valence-electron chi connectivity index (χ0n) is 16.1. The van der Waals surface area contributed by atoms with Gasteiger partial charge < -0.3 is 5.11 Å². The van der Waals surface area contributed by atoms with E-state index < -0.39 is 17.4 Å². The van der Waals surface area contributed by atoms with Crippen molar-refractivity contribution in [3.8, 4) is 16.8 Å². The van der Waals surface area contributed by atoms with Crippen LogP contribution in [0.5, 0.6) is 0 Å². The lowest BCUT2D eigenvalue weighted by molar-refractivity contribution is -0.146. The maximum absolute atomic E-state index is 13.3. The third-order valence-electron chi connectivity index (χ3n) is 4.45. The number of halogens is 4. The molecule has 0 atom stereocenters. The molecular formula is C20H18ClF3N4O2. The fraction of sp³-hybridized carbons (Fsp3) is 0.300. The van der Waals surface area contributed by atoms with Crippen LogP contribution in [0.3, 0.4) is 0 Å². The van der Waals surface area contributed by atoms with E-state index in [1.807, 2.05) is 0 Å². The van der Waals surface area contributed by atoms with Crippen LogP contribution in [-0.2, 0) is 6.18 Å². The van der Waals surface area contributed by atoms with Gasteiger partial charge in [0.2, 0.25) is 0 Å². The molecule has 3 rings (SSSR count). The summed E-state index contributed by atoms with van der Waals surface area (Å²) in [6.45, 7) is 3.23. The molecule has 10 heteroatoms. The molecule has 2 aromatic carbocycles. The highest BCUT2D eigenvalue weighted by molar-refractivity contribution is 6.30. The number of aliphatic hydroxyl groups excluding tert-OH is 1. The molecule has 3 aromatic rings. The van der Waals surface area contributed by atoms with Crippen LogP contribution in [0.25, 0.3) is 16.8 Å². The molecule has 158 valence electrons. The summed E-state index contributed by atoms with van der Waals surface area (Å²) in [4.78, 5) is 12.8. The van der Waals surface area contributed by atoms with Crippen LogP contribution in [0.4, 0.5) is 13.2 Å². The van der Waals surface area contributed by atoms with Crippen LogP contribution in [0.1, 0.15) is 36.5 Å². The second kappa shape index (κ2) is 8.16. The van der Waals surface area contributed by atoms with Crippen molar-refractivity contribution in [1.29, 1.82) is 0 Å². The topological polar surface area (TPSA) is 80.9 Å². The number of aromatic nitrogens is 4. The molecule has 0 radical (unpaired) electrons. The van der Waals surface area contributed by atoms with Crippen molar-refractivity contribution < 1.29 is 23.1 Å². The number of hydrogen-bond donors (Lipinski definition) is 1. The average Bonchev–Trinajstić information content (AvgIpc) is 3.18. The molecule has 0 aliphatic carbocycles. The van der Waals surface area contributed by atoms with Gasteiger partial charge in [0.1, 0.15) is 0 Å². The molecule has 1 N–H and O–H groups in total. The van der Waals surface area contributed by atoms with Crippen molar-refractivity contribution in [2.45, 2.75) is 26.4 Å². The van der Waals surface area contributed by atoms with Crippen LogP contribution in [0.15, 0.2) is 42.5 Å². The van der Waals surface area contributed by atoms with Gasteiger partial charge in [-0.25, -0.2) is 0 Å². The Balaban J connectivity index is 2.15. The van der Waals surface area contributed by atoms with E-state index in [2.05, 4.69) is 15.5 Å². The minimum absolute atomic E-state index is 0.00868. The van der Waals surface area contributed by atoms with Crippen molar-refractivity contribution in [3.05, 3.63) is 58.9 Å². The molecule has 0 saturated carbocycles. The fourth-order valence-electron chi connectivity index (χ4n) is 2.83. The van der Waals surface area contributed by atoms with Gasteiger partial charge in [-0.2, -0.15) is 17.9 Å². The minimum Gasteiger partial charge on any atom is -0.396 e. The zero-order chi connectivity index (χ0) is 22.1. The van der Waals surface area contributed by atoms with E-state index in [4.69, 9.17) is 11.6 Å². The number of carbonyl (C=O) groups is 1. The van der Waals surface area contributed by atoms with E-state index >= 15 is 0 Å². The SMILES string of the molecule is CC(C)(CO)CC(=O)c1cc(-c2ccc(Cl)cc2)cc(-n2nnnc2C(F)(F)F)c1. The number of ketones is 1. The molecule has 1 aromatic heterocycles. The van der Waals surface area contributed by atoms with E-state index in [9.17, 15) is 23.1 Å². The van der Waals surface area contributed by atoms with Gasteiger partial charge in [-0.1, -0.05) is 37.6 Å². The first-order chi connectivity index (χ1) is 14.0. The monoisotopic (exact) mass is 438 g/mol. The summed E-state index contributed by atoms with van der Waals surface area (Å²) in [5.41, 5.74) is 0.642. The van der Waals surface area contributed by atoms with E-state index in [0.29, 0.717) is 20.8 Å². The third kappa shape index (κ3) is 4.85. The maximum Gasteiger partial charge on any atom is 0.453 e. The number of carbonyl (C=O) groups excluding carboxylic acids is 1. The smallest absolute Gasteiger partial charge is 0.396 e. The summed E-state index contributed by atoms with van der Waals surface area (Å²) in [5.74, 6) is -1.63. The maximum atomic E-state index is 13.3. The second-order valence-corrected chi connectivity index (χ2v) is 8.05. The van der Waals surface area contributed by atoms with Gasteiger partial charge in [-0.15, -0.1) is 5.10 Å². The normalized spacial score (nSPS) is 12.2. The molecule has 0 unspecified atom stereocenters. The van der Waals surface area contributed by atoms with Crippen LogP contribution in [0, 0.1) is 5.41 Å². The molecule has 0 amide bonds. The molecule has 6 nitrogen and oxygen atoms in total. The standard InChI is InChI=1S/C20H18ClF3N4O2/c1-19(2,11-29)10-17(30)14-7-13(12-3-5-15(21)6-4-12)8-16(9-14)28-18(20(22,23)24)25-26-27-28/h3-9,29H,10-11H2,1-2H3. The molecule has 30 heavy (non-hydrogen) atoms. The number of alkyl halides is 3. The highest BCUT2D eigenvalue weighted by Crippen LogP contribution is 2.32. The Morgan fingerprint density at radius 3 is 2.37 bits per heavy atom.